The molecule has 0 unspecified atom stereocenters. The van der Waals surface area contributed by atoms with Gasteiger partial charge in [0.1, 0.15) is 17.9 Å². The fourth-order valence-corrected chi connectivity index (χ4v) is 4.12. The number of benzene rings is 2. The molecule has 9 nitrogen and oxygen atoms in total. The van der Waals surface area contributed by atoms with Crippen molar-refractivity contribution in [2.45, 2.75) is 57.8 Å². The molecule has 2 amide bonds. The van der Waals surface area contributed by atoms with E-state index in [4.69, 9.17) is 14.2 Å². The zero-order valence-electron chi connectivity index (χ0n) is 23.9. The van der Waals surface area contributed by atoms with Crippen molar-refractivity contribution in [1.82, 2.24) is 10.6 Å². The summed E-state index contributed by atoms with van der Waals surface area (Å²) in [7, 11) is 1.56. The van der Waals surface area contributed by atoms with Gasteiger partial charge in [-0.1, -0.05) is 67.6 Å². The molecule has 0 aromatic heterocycles. The molecule has 0 bridgehead atoms. The van der Waals surface area contributed by atoms with Gasteiger partial charge < -0.3 is 24.8 Å². The zero-order chi connectivity index (χ0) is 29.8. The third-order valence-electron chi connectivity index (χ3n) is 6.60. The summed E-state index contributed by atoms with van der Waals surface area (Å²) in [4.78, 5) is 51.4. The minimum Gasteiger partial charge on any atom is -0.497 e. The van der Waals surface area contributed by atoms with Gasteiger partial charge >= 0.3 is 11.9 Å². The van der Waals surface area contributed by atoms with Gasteiger partial charge in [-0.3, -0.25) is 14.4 Å². The number of carbonyl (C=O) groups is 4. The van der Waals surface area contributed by atoms with Crippen LogP contribution in [0.4, 0.5) is 0 Å². The molecule has 2 aromatic carbocycles. The number of methoxy groups -OCH3 is 1. The quantitative estimate of drug-likeness (QED) is 0.515. The summed E-state index contributed by atoms with van der Waals surface area (Å²) in [6.07, 6.45) is 6.44. The number of hydrogen-bond acceptors (Lipinski definition) is 7. The molecule has 3 atom stereocenters. The van der Waals surface area contributed by atoms with E-state index in [1.54, 1.807) is 25.3 Å². The smallest absolute Gasteiger partial charge is 0.350 e. The van der Waals surface area contributed by atoms with Crippen molar-refractivity contribution in [1.29, 1.82) is 0 Å². The highest BCUT2D eigenvalue weighted by atomic mass is 16.6. The topological polar surface area (TPSA) is 120 Å². The summed E-state index contributed by atoms with van der Waals surface area (Å²) < 4.78 is 16.4. The first-order chi connectivity index (χ1) is 19.6. The van der Waals surface area contributed by atoms with Crippen LogP contribution in [-0.2, 0) is 35.1 Å². The normalized spacial score (nSPS) is 22.1. The lowest BCUT2D eigenvalue weighted by Crippen LogP contribution is -2.48. The molecule has 0 saturated carbocycles. The van der Waals surface area contributed by atoms with Crippen molar-refractivity contribution in [2.75, 3.05) is 13.7 Å². The monoisotopic (exact) mass is 562 g/mol. The van der Waals surface area contributed by atoms with Gasteiger partial charge in [-0.25, -0.2) is 4.79 Å². The minimum atomic E-state index is -1.54. The number of carbonyl (C=O) groups excluding carboxylic acids is 4. The molecule has 0 aliphatic carbocycles. The van der Waals surface area contributed by atoms with Gasteiger partial charge in [-0.15, -0.1) is 0 Å². The van der Waals surface area contributed by atoms with Crippen LogP contribution in [0.1, 0.15) is 44.7 Å². The van der Waals surface area contributed by atoms with Gasteiger partial charge in [0.05, 0.1) is 13.5 Å². The van der Waals surface area contributed by atoms with E-state index < -0.39 is 41.5 Å². The maximum Gasteiger partial charge on any atom is 0.350 e. The van der Waals surface area contributed by atoms with Gasteiger partial charge in [0, 0.05) is 25.3 Å². The number of ether oxygens (including phenoxy) is 3. The number of cyclic esters (lactones) is 2. The molecule has 3 rings (SSSR count). The highest BCUT2D eigenvalue weighted by molar-refractivity contribution is 5.93. The fourth-order valence-electron chi connectivity index (χ4n) is 4.12. The Morgan fingerprint density at radius 3 is 2.44 bits per heavy atom. The van der Waals surface area contributed by atoms with Gasteiger partial charge in [0.2, 0.25) is 17.4 Å². The number of rotatable bonds is 6. The average Bonchev–Trinajstić information content (AvgIpc) is 2.95. The molecule has 2 aromatic rings. The van der Waals surface area contributed by atoms with E-state index in [9.17, 15) is 19.2 Å². The maximum absolute atomic E-state index is 13.0. The van der Waals surface area contributed by atoms with Crippen LogP contribution in [0.5, 0.6) is 5.75 Å². The molecule has 0 fully saturated rings. The van der Waals surface area contributed by atoms with Crippen molar-refractivity contribution >= 4 is 29.8 Å². The van der Waals surface area contributed by atoms with Crippen LogP contribution >= 0.6 is 0 Å². The van der Waals surface area contributed by atoms with E-state index in [0.29, 0.717) is 5.75 Å². The lowest BCUT2D eigenvalue weighted by atomic mass is 9.99. The zero-order valence-corrected chi connectivity index (χ0v) is 23.9. The molecule has 2 N–H and O–H groups in total. The summed E-state index contributed by atoms with van der Waals surface area (Å²) in [5.41, 5.74) is 0.262. The summed E-state index contributed by atoms with van der Waals surface area (Å²) in [5.74, 6) is -1.84. The Balaban J connectivity index is 1.82. The largest absolute Gasteiger partial charge is 0.497 e. The fraction of sp³-hybridized carbons (Fsp3) is 0.375. The van der Waals surface area contributed by atoms with E-state index >= 15 is 0 Å². The maximum atomic E-state index is 13.0. The Morgan fingerprint density at radius 2 is 1.76 bits per heavy atom. The number of nitrogens with one attached hydrogen (secondary N) is 2. The highest BCUT2D eigenvalue weighted by Crippen LogP contribution is 2.21. The summed E-state index contributed by atoms with van der Waals surface area (Å²) in [6.45, 7) is 4.80. The van der Waals surface area contributed by atoms with Crippen molar-refractivity contribution in [3.8, 4) is 5.75 Å². The van der Waals surface area contributed by atoms with Gasteiger partial charge in [-0.05, 0) is 43.2 Å². The van der Waals surface area contributed by atoms with Crippen LogP contribution in [0.2, 0.25) is 0 Å². The first-order valence-corrected chi connectivity index (χ1v) is 13.6. The Morgan fingerprint density at radius 1 is 1.05 bits per heavy atom. The highest BCUT2D eigenvalue weighted by Gasteiger charge is 2.36. The van der Waals surface area contributed by atoms with Crippen LogP contribution in [-0.4, -0.2) is 55.2 Å². The van der Waals surface area contributed by atoms with Gasteiger partial charge in [0.15, 0.2) is 0 Å². The minimum absolute atomic E-state index is 0.0302. The molecule has 1 aliphatic rings. The first-order valence-electron chi connectivity index (χ1n) is 13.6. The molecule has 0 spiro atoms. The molecular formula is C32H38N2O7. The summed E-state index contributed by atoms with van der Waals surface area (Å²) in [6, 6.07) is 16.0. The first kappa shape index (κ1) is 31.1. The Bertz CT molecular complexity index is 1250. The lowest BCUT2D eigenvalue weighted by molar-refractivity contribution is -0.183. The summed E-state index contributed by atoms with van der Waals surface area (Å²) in [5, 5.41) is 5.41. The van der Waals surface area contributed by atoms with E-state index in [2.05, 4.69) is 10.6 Å². The number of amides is 2. The molecule has 1 aliphatic heterocycles. The molecule has 0 radical (unpaired) electrons. The van der Waals surface area contributed by atoms with E-state index in [-0.39, 0.29) is 31.7 Å². The molecule has 0 saturated heterocycles. The Hall–Kier alpha value is -4.40. The molecule has 1 heterocycles. The second-order valence-electron chi connectivity index (χ2n) is 10.3. The van der Waals surface area contributed by atoms with E-state index in [0.717, 1.165) is 11.1 Å². The predicted octanol–water partition coefficient (Wildman–Crippen LogP) is 3.77. The average molecular weight is 563 g/mol. The standard InChI is InChI=1S/C32H38N2O7/c1-22(13-14-23-9-6-5-7-10-23)27-11-8-12-28(35)34-26(21-24-15-17-25(39-4)18-16-24)30(37)33-20-19-29(36)41-32(2,3)31(38)40-27/h5-10,12-18,22,26-27H,11,19-21H2,1-4H3,(H,33,37)(H,34,35)/b12-8+,14-13+/t22-,26-,27+/m1/s1. The second-order valence-corrected chi connectivity index (χ2v) is 10.3. The number of hydrogen-bond donors (Lipinski definition) is 2. The van der Waals surface area contributed by atoms with Gasteiger partial charge in [0.25, 0.3) is 0 Å². The van der Waals surface area contributed by atoms with Crippen molar-refractivity contribution in [3.63, 3.8) is 0 Å². The van der Waals surface area contributed by atoms with Crippen LogP contribution in [0, 0.1) is 5.92 Å². The SMILES string of the molecule is COc1ccc(C[C@H]2NC(=O)/C=C/C[C@@H]([C@H](C)/C=C/c3ccccc3)OC(=O)C(C)(C)OC(=O)CCNC2=O)cc1. The van der Waals surface area contributed by atoms with E-state index in [1.165, 1.54) is 19.9 Å². The Labute approximate surface area is 240 Å². The predicted molar refractivity (Wildman–Crippen MR) is 155 cm³/mol. The van der Waals surface area contributed by atoms with E-state index in [1.807, 2.05) is 61.5 Å². The molecular weight excluding hydrogens is 524 g/mol. The Kier molecular flexibility index (Phi) is 11.3. The van der Waals surface area contributed by atoms with Crippen LogP contribution in [0.15, 0.2) is 72.8 Å². The molecule has 9 heteroatoms. The number of esters is 2. The third-order valence-corrected chi connectivity index (χ3v) is 6.60. The molecule has 218 valence electrons. The van der Waals surface area contributed by atoms with Crippen LogP contribution < -0.4 is 15.4 Å². The third kappa shape index (κ3) is 9.94. The van der Waals surface area contributed by atoms with Crippen LogP contribution in [0.25, 0.3) is 6.08 Å². The van der Waals surface area contributed by atoms with Crippen molar-refractivity contribution < 1.29 is 33.4 Å². The van der Waals surface area contributed by atoms with Crippen molar-refractivity contribution in [3.05, 3.63) is 84.0 Å². The van der Waals surface area contributed by atoms with Crippen LogP contribution in [0.3, 0.4) is 0 Å². The molecule has 41 heavy (non-hydrogen) atoms. The van der Waals surface area contributed by atoms with Crippen molar-refractivity contribution in [2.24, 2.45) is 5.92 Å². The van der Waals surface area contributed by atoms with Gasteiger partial charge in [-0.2, -0.15) is 0 Å². The summed E-state index contributed by atoms with van der Waals surface area (Å²) >= 11 is 0. The lowest BCUT2D eigenvalue weighted by Gasteiger charge is -2.28. The second kappa shape index (κ2) is 14.8.